The van der Waals surface area contributed by atoms with Gasteiger partial charge in [0.25, 0.3) is 11.7 Å². The number of Topliss-reactive ketones (excluding diaryl/α,β-unsaturated/α-hetero) is 1. The van der Waals surface area contributed by atoms with Crippen LogP contribution in [0.1, 0.15) is 56.3 Å². The number of aliphatic hydroxyl groups is 1. The topological polar surface area (TPSA) is 76.1 Å². The normalized spacial score (nSPS) is 22.4. The molecule has 34 heavy (non-hydrogen) atoms. The summed E-state index contributed by atoms with van der Waals surface area (Å²) in [5, 5.41) is 11.3. The molecule has 0 radical (unpaired) electrons. The molecule has 2 saturated heterocycles. The van der Waals surface area contributed by atoms with Crippen LogP contribution in [0.5, 0.6) is 5.75 Å². The van der Waals surface area contributed by atoms with Crippen molar-refractivity contribution in [2.75, 3.05) is 20.3 Å². The van der Waals surface area contributed by atoms with Gasteiger partial charge in [-0.05, 0) is 42.5 Å². The lowest BCUT2D eigenvalue weighted by molar-refractivity contribution is -0.140. The molecule has 180 valence electrons. The molecule has 2 fully saturated rings. The number of carbonyl (C=O) groups is 2. The Morgan fingerprint density at radius 2 is 1.94 bits per heavy atom. The van der Waals surface area contributed by atoms with Gasteiger partial charge >= 0.3 is 0 Å². The van der Waals surface area contributed by atoms with E-state index in [0.717, 1.165) is 18.4 Å². The first-order valence-electron chi connectivity index (χ1n) is 11.5. The zero-order valence-electron chi connectivity index (χ0n) is 19.9. The number of aliphatic hydroxyl groups excluding tert-OH is 1. The first-order chi connectivity index (χ1) is 16.1. The zero-order valence-corrected chi connectivity index (χ0v) is 19.9. The number of hydrogen-bond acceptors (Lipinski definition) is 5. The predicted molar refractivity (Wildman–Crippen MR) is 126 cm³/mol. The summed E-state index contributed by atoms with van der Waals surface area (Å²) in [6.07, 6.45) is 1.38. The molecule has 0 aromatic heterocycles. The third-order valence-corrected chi connectivity index (χ3v) is 6.45. The van der Waals surface area contributed by atoms with E-state index < -0.39 is 23.5 Å². The van der Waals surface area contributed by atoms with Crippen molar-refractivity contribution in [2.45, 2.75) is 51.2 Å². The predicted octanol–water partition coefficient (Wildman–Crippen LogP) is 4.73. The minimum absolute atomic E-state index is 0.127. The molecule has 0 aliphatic carbocycles. The molecule has 2 heterocycles. The molecular weight excluding hydrogens is 437 g/mol. The molecule has 0 spiro atoms. The molecule has 4 rings (SSSR count). The lowest BCUT2D eigenvalue weighted by atomic mass is 9.84. The quantitative estimate of drug-likeness (QED) is 0.391. The molecule has 2 atom stereocenters. The van der Waals surface area contributed by atoms with E-state index in [1.54, 1.807) is 37.4 Å². The SMILES string of the molecule is COc1ccc(/C(O)=C2\C(=O)C(=O)N(CC3CCCO3)C2c2ccccc2F)cc1C(C)(C)C. The summed E-state index contributed by atoms with van der Waals surface area (Å²) < 4.78 is 26.1. The summed E-state index contributed by atoms with van der Waals surface area (Å²) in [5.74, 6) is -1.85. The third-order valence-electron chi connectivity index (χ3n) is 6.45. The number of hydrogen-bond donors (Lipinski definition) is 1. The largest absolute Gasteiger partial charge is 0.507 e. The number of ketones is 1. The number of nitrogens with zero attached hydrogens (tertiary/aromatic N) is 1. The van der Waals surface area contributed by atoms with Crippen LogP contribution in [0.2, 0.25) is 0 Å². The van der Waals surface area contributed by atoms with Gasteiger partial charge in [-0.2, -0.15) is 0 Å². The highest BCUT2D eigenvalue weighted by molar-refractivity contribution is 6.46. The Hall–Kier alpha value is -3.19. The van der Waals surface area contributed by atoms with E-state index in [-0.39, 0.29) is 35.0 Å². The van der Waals surface area contributed by atoms with Gasteiger partial charge in [-0.1, -0.05) is 39.0 Å². The number of likely N-dealkylation sites (tertiary alicyclic amines) is 1. The highest BCUT2D eigenvalue weighted by atomic mass is 19.1. The first kappa shape index (κ1) is 24.0. The molecule has 2 aromatic rings. The number of halogens is 1. The van der Waals surface area contributed by atoms with Crippen molar-refractivity contribution in [2.24, 2.45) is 0 Å². The van der Waals surface area contributed by atoms with E-state index in [9.17, 15) is 19.1 Å². The lowest BCUT2D eigenvalue weighted by Crippen LogP contribution is -2.36. The van der Waals surface area contributed by atoms with E-state index in [1.165, 1.54) is 17.0 Å². The molecule has 2 aliphatic heterocycles. The second kappa shape index (κ2) is 9.22. The summed E-state index contributed by atoms with van der Waals surface area (Å²) in [4.78, 5) is 27.6. The van der Waals surface area contributed by atoms with Crippen molar-refractivity contribution in [3.8, 4) is 5.75 Å². The summed E-state index contributed by atoms with van der Waals surface area (Å²) in [7, 11) is 1.57. The van der Waals surface area contributed by atoms with Crippen LogP contribution >= 0.6 is 0 Å². The molecule has 1 amide bonds. The van der Waals surface area contributed by atoms with Gasteiger partial charge in [0, 0.05) is 29.8 Å². The summed E-state index contributed by atoms with van der Waals surface area (Å²) in [6, 6.07) is 10.1. The minimum atomic E-state index is -1.05. The molecule has 0 saturated carbocycles. The van der Waals surface area contributed by atoms with E-state index in [0.29, 0.717) is 17.9 Å². The number of carbonyl (C=O) groups excluding carboxylic acids is 2. The fourth-order valence-corrected chi connectivity index (χ4v) is 4.69. The van der Waals surface area contributed by atoms with Crippen LogP contribution in [0.15, 0.2) is 48.0 Å². The van der Waals surface area contributed by atoms with Gasteiger partial charge in [-0.15, -0.1) is 0 Å². The Bertz CT molecular complexity index is 1140. The van der Waals surface area contributed by atoms with Crippen LogP contribution in [0.3, 0.4) is 0 Å². The average Bonchev–Trinajstić information content (AvgIpc) is 3.40. The van der Waals surface area contributed by atoms with Crippen molar-refractivity contribution in [1.29, 1.82) is 0 Å². The second-order valence-electron chi connectivity index (χ2n) is 9.77. The molecule has 2 aliphatic rings. The smallest absolute Gasteiger partial charge is 0.295 e. The fraction of sp³-hybridized carbons (Fsp3) is 0.407. The number of rotatable bonds is 5. The summed E-state index contributed by atoms with van der Waals surface area (Å²) >= 11 is 0. The second-order valence-corrected chi connectivity index (χ2v) is 9.77. The summed E-state index contributed by atoms with van der Waals surface area (Å²) in [6.45, 7) is 6.76. The van der Waals surface area contributed by atoms with Gasteiger partial charge in [0.1, 0.15) is 17.3 Å². The van der Waals surface area contributed by atoms with Gasteiger partial charge in [0.05, 0.1) is 24.8 Å². The highest BCUT2D eigenvalue weighted by Crippen LogP contribution is 2.42. The first-order valence-corrected chi connectivity index (χ1v) is 11.5. The number of methoxy groups -OCH3 is 1. The monoisotopic (exact) mass is 467 g/mol. The van der Waals surface area contributed by atoms with E-state index in [1.807, 2.05) is 20.8 Å². The average molecular weight is 468 g/mol. The minimum Gasteiger partial charge on any atom is -0.507 e. The fourth-order valence-electron chi connectivity index (χ4n) is 4.69. The van der Waals surface area contributed by atoms with Crippen LogP contribution in [-0.4, -0.2) is 48.1 Å². The lowest BCUT2D eigenvalue weighted by Gasteiger charge is -2.28. The number of ether oxygens (including phenoxy) is 2. The Morgan fingerprint density at radius 3 is 2.56 bits per heavy atom. The maximum absolute atomic E-state index is 14.9. The zero-order chi connectivity index (χ0) is 24.6. The Morgan fingerprint density at radius 1 is 1.21 bits per heavy atom. The van der Waals surface area contributed by atoms with Crippen LogP contribution < -0.4 is 4.74 Å². The summed E-state index contributed by atoms with van der Waals surface area (Å²) in [5.41, 5.74) is 0.916. The van der Waals surface area contributed by atoms with Gasteiger partial charge in [-0.25, -0.2) is 4.39 Å². The molecule has 2 aromatic carbocycles. The van der Waals surface area contributed by atoms with Crippen LogP contribution in [0, 0.1) is 5.82 Å². The standard InChI is InChI=1S/C27H30FNO5/c1-27(2,3)19-14-16(11-12-21(19)33-4)24(30)22-23(18-9-5-6-10-20(18)28)29(26(32)25(22)31)15-17-8-7-13-34-17/h5-6,9-12,14,17,23,30H,7-8,13,15H2,1-4H3/b24-22+. The number of benzene rings is 2. The van der Waals surface area contributed by atoms with Crippen molar-refractivity contribution in [3.05, 3.63) is 70.5 Å². The van der Waals surface area contributed by atoms with E-state index >= 15 is 0 Å². The molecular formula is C27H30FNO5. The Kier molecular flexibility index (Phi) is 6.49. The number of amides is 1. The van der Waals surface area contributed by atoms with Gasteiger partial charge in [-0.3, -0.25) is 9.59 Å². The maximum atomic E-state index is 14.9. The van der Waals surface area contributed by atoms with Crippen molar-refractivity contribution < 1.29 is 28.6 Å². The van der Waals surface area contributed by atoms with Crippen LogP contribution in [-0.2, 0) is 19.7 Å². The van der Waals surface area contributed by atoms with Gasteiger partial charge < -0.3 is 19.5 Å². The third kappa shape index (κ3) is 4.32. The van der Waals surface area contributed by atoms with Crippen molar-refractivity contribution in [3.63, 3.8) is 0 Å². The molecule has 2 unspecified atom stereocenters. The van der Waals surface area contributed by atoms with E-state index in [4.69, 9.17) is 9.47 Å². The van der Waals surface area contributed by atoms with Crippen molar-refractivity contribution in [1.82, 2.24) is 4.90 Å². The van der Waals surface area contributed by atoms with Gasteiger partial charge in [0.2, 0.25) is 0 Å². The van der Waals surface area contributed by atoms with E-state index in [2.05, 4.69) is 0 Å². The van der Waals surface area contributed by atoms with Crippen LogP contribution in [0.25, 0.3) is 5.76 Å². The Balaban J connectivity index is 1.88. The van der Waals surface area contributed by atoms with Gasteiger partial charge in [0.15, 0.2) is 0 Å². The maximum Gasteiger partial charge on any atom is 0.295 e. The molecule has 1 N–H and O–H groups in total. The van der Waals surface area contributed by atoms with Crippen molar-refractivity contribution >= 4 is 17.4 Å². The molecule has 6 nitrogen and oxygen atoms in total. The highest BCUT2D eigenvalue weighted by Gasteiger charge is 2.48. The Labute approximate surface area is 199 Å². The molecule has 0 bridgehead atoms. The van der Waals surface area contributed by atoms with Crippen LogP contribution in [0.4, 0.5) is 4.39 Å². The molecule has 7 heteroatoms.